The van der Waals surface area contributed by atoms with E-state index in [1.807, 2.05) is 4.90 Å². The average molecular weight is 492 g/mol. The molecule has 3 atom stereocenters. The Balaban J connectivity index is 1.44. The third kappa shape index (κ3) is 5.09. The summed E-state index contributed by atoms with van der Waals surface area (Å²) in [4.78, 5) is 24.0. The van der Waals surface area contributed by atoms with Crippen molar-refractivity contribution >= 4 is 0 Å². The molecule has 35 heavy (non-hydrogen) atoms. The van der Waals surface area contributed by atoms with E-state index in [4.69, 9.17) is 0 Å². The Morgan fingerprint density at radius 1 is 1.03 bits per heavy atom. The summed E-state index contributed by atoms with van der Waals surface area (Å²) in [6, 6.07) is -0.0913. The van der Waals surface area contributed by atoms with Crippen LogP contribution in [-0.2, 0) is 0 Å². The Morgan fingerprint density at radius 3 is 2.46 bits per heavy atom. The van der Waals surface area contributed by atoms with Gasteiger partial charge in [-0.15, -0.1) is 11.5 Å². The summed E-state index contributed by atoms with van der Waals surface area (Å²) in [7, 11) is 0. The van der Waals surface area contributed by atoms with E-state index in [0.29, 0.717) is 12.5 Å². The van der Waals surface area contributed by atoms with Gasteiger partial charge < -0.3 is 0 Å². The second kappa shape index (κ2) is 10.5. The fourth-order valence-electron chi connectivity index (χ4n) is 6.80. The Morgan fingerprint density at radius 2 is 1.80 bits per heavy atom. The molecule has 3 aliphatic carbocycles. The molecule has 0 aromatic rings. The molecule has 0 aromatic heterocycles. The van der Waals surface area contributed by atoms with Gasteiger partial charge in [-0.25, -0.2) is 0 Å². The molecule has 1 heterocycles. The van der Waals surface area contributed by atoms with E-state index >= 15 is 0 Å². The number of allylic oxidation sites excluding steroid dienone is 5. The number of fused-ring (bicyclic) bond motifs is 1. The Bertz CT molecular complexity index is 915. The topological polar surface area (TPSA) is 62.1 Å². The van der Waals surface area contributed by atoms with E-state index in [-0.39, 0.29) is 37.4 Å². The highest BCUT2D eigenvalue weighted by Crippen LogP contribution is 2.58. The van der Waals surface area contributed by atoms with Crippen LogP contribution in [0.4, 0.5) is 13.2 Å². The van der Waals surface area contributed by atoms with Crippen molar-refractivity contribution in [1.82, 2.24) is 4.90 Å². The summed E-state index contributed by atoms with van der Waals surface area (Å²) in [5.74, 6) is 0.402. The van der Waals surface area contributed by atoms with Crippen LogP contribution in [0.15, 0.2) is 58.0 Å². The monoisotopic (exact) mass is 491 g/mol. The molecule has 0 spiro atoms. The van der Waals surface area contributed by atoms with Gasteiger partial charge in [0.05, 0.1) is 6.04 Å². The van der Waals surface area contributed by atoms with Crippen LogP contribution in [0.1, 0.15) is 70.6 Å². The second-order valence-electron chi connectivity index (χ2n) is 10.8. The molecule has 0 bridgehead atoms. The number of likely N-dealkylation sites (tertiary alicyclic amines) is 1. The molecule has 0 N–H and O–H groups in total. The predicted octanol–water partition coefficient (Wildman–Crippen LogP) is 7.40. The van der Waals surface area contributed by atoms with Crippen molar-refractivity contribution in [1.29, 1.82) is 0 Å². The van der Waals surface area contributed by atoms with Crippen molar-refractivity contribution in [2.24, 2.45) is 21.7 Å². The summed E-state index contributed by atoms with van der Waals surface area (Å²) in [6.45, 7) is 5.23. The number of hydrogen-bond acceptors (Lipinski definition) is 5. The fraction of sp³-hybridized carbons (Fsp3) is 0.704. The molecule has 5 nitrogen and oxygen atoms in total. The smallest absolute Gasteiger partial charge is 0.299 e. The van der Waals surface area contributed by atoms with E-state index in [9.17, 15) is 23.0 Å². The molecule has 4 aliphatic rings. The van der Waals surface area contributed by atoms with Crippen LogP contribution < -0.4 is 0 Å². The van der Waals surface area contributed by atoms with Crippen LogP contribution in [0.5, 0.6) is 0 Å². The van der Waals surface area contributed by atoms with E-state index in [1.165, 1.54) is 16.7 Å². The number of piperidine rings is 1. The molecule has 3 unspecified atom stereocenters. The average Bonchev–Trinajstić information content (AvgIpc) is 3.25. The molecule has 1 saturated heterocycles. The molecular formula is C27H36F3N3O2. The van der Waals surface area contributed by atoms with Crippen LogP contribution >= 0.6 is 0 Å². The van der Waals surface area contributed by atoms with E-state index in [0.717, 1.165) is 57.8 Å². The lowest BCUT2D eigenvalue weighted by atomic mass is 9.64. The van der Waals surface area contributed by atoms with Gasteiger partial charge in [-0.3, -0.25) is 4.90 Å². The minimum Gasteiger partial charge on any atom is -0.299 e. The summed E-state index contributed by atoms with van der Waals surface area (Å²) >= 11 is 0. The summed E-state index contributed by atoms with van der Waals surface area (Å²) < 4.78 is 40.0. The second-order valence-corrected chi connectivity index (χ2v) is 10.8. The molecular weight excluding hydrogens is 455 g/mol. The molecule has 0 amide bonds. The molecule has 192 valence electrons. The SMILES string of the molecule is C=CC12CCC/C(=C\C=C3\CCCC(N=O)C3)C1CC/C2=C\CN1CCC(N=O)(C(F)(F)F)CC1. The van der Waals surface area contributed by atoms with Gasteiger partial charge in [0.1, 0.15) is 0 Å². The van der Waals surface area contributed by atoms with Gasteiger partial charge in [0.15, 0.2) is 5.54 Å². The normalized spacial score (nSPS) is 35.2. The summed E-state index contributed by atoms with van der Waals surface area (Å²) in [5, 5.41) is 5.76. The molecule has 4 rings (SSSR count). The van der Waals surface area contributed by atoms with Crippen molar-refractivity contribution in [2.75, 3.05) is 19.6 Å². The highest BCUT2D eigenvalue weighted by Gasteiger charge is 2.57. The first-order chi connectivity index (χ1) is 16.8. The minimum absolute atomic E-state index is 0.0854. The van der Waals surface area contributed by atoms with Gasteiger partial charge in [0.2, 0.25) is 0 Å². The molecule has 3 saturated carbocycles. The van der Waals surface area contributed by atoms with E-state index < -0.39 is 11.7 Å². The van der Waals surface area contributed by atoms with Crippen molar-refractivity contribution < 1.29 is 13.2 Å². The first kappa shape index (κ1) is 26.0. The predicted molar refractivity (Wildman–Crippen MR) is 132 cm³/mol. The van der Waals surface area contributed by atoms with Crippen LogP contribution in [0.25, 0.3) is 0 Å². The number of rotatable bonds is 6. The van der Waals surface area contributed by atoms with Crippen molar-refractivity contribution in [3.63, 3.8) is 0 Å². The van der Waals surface area contributed by atoms with Gasteiger partial charge in [0.25, 0.3) is 0 Å². The lowest BCUT2D eigenvalue weighted by molar-refractivity contribution is -0.196. The third-order valence-electron chi connectivity index (χ3n) is 8.99. The first-order valence-corrected chi connectivity index (χ1v) is 12.9. The maximum absolute atomic E-state index is 13.3. The van der Waals surface area contributed by atoms with Crippen LogP contribution in [0.3, 0.4) is 0 Å². The molecule has 0 radical (unpaired) electrons. The van der Waals surface area contributed by atoms with Crippen LogP contribution in [0, 0.1) is 21.1 Å². The Kier molecular flexibility index (Phi) is 7.79. The first-order valence-electron chi connectivity index (χ1n) is 12.9. The van der Waals surface area contributed by atoms with Gasteiger partial charge in [-0.05, 0) is 76.5 Å². The fourth-order valence-corrected chi connectivity index (χ4v) is 6.80. The largest absolute Gasteiger partial charge is 0.417 e. The summed E-state index contributed by atoms with van der Waals surface area (Å²) in [6.07, 6.45) is 12.6. The Hall–Kier alpha value is -2.09. The van der Waals surface area contributed by atoms with Crippen LogP contribution in [0.2, 0.25) is 0 Å². The van der Waals surface area contributed by atoms with Gasteiger partial charge >= 0.3 is 6.18 Å². The number of halogens is 3. The quantitative estimate of drug-likeness (QED) is 0.287. The lowest BCUT2D eigenvalue weighted by Crippen LogP contribution is -2.51. The standard InChI is InChI=1S/C27H36F3N3O2/c1-2-25-13-4-6-21(9-8-20-5-3-7-23(19-20)31-34)24(25)11-10-22(25)12-16-33-17-14-26(32-35,15-18-33)27(28,29)30/h2,8-9,12,23-24H,1,3-7,10-11,13-19H2/b20-8-,21-9+,22-12+. The molecule has 0 aromatic carbocycles. The zero-order chi connectivity index (χ0) is 25.1. The van der Waals surface area contributed by atoms with Crippen molar-refractivity contribution in [2.45, 2.75) is 88.4 Å². The summed E-state index contributed by atoms with van der Waals surface area (Å²) in [5.41, 5.74) is 1.58. The van der Waals surface area contributed by atoms with E-state index in [2.05, 4.69) is 41.2 Å². The van der Waals surface area contributed by atoms with E-state index in [1.54, 1.807) is 0 Å². The zero-order valence-corrected chi connectivity index (χ0v) is 20.4. The van der Waals surface area contributed by atoms with Crippen molar-refractivity contribution in [3.8, 4) is 0 Å². The highest BCUT2D eigenvalue weighted by atomic mass is 19.4. The van der Waals surface area contributed by atoms with Gasteiger partial charge in [-0.2, -0.15) is 18.1 Å². The van der Waals surface area contributed by atoms with Crippen molar-refractivity contribution in [3.05, 3.63) is 57.4 Å². The number of nitrogens with zero attached hydrogens (tertiary/aromatic N) is 3. The Labute approximate surface area is 205 Å². The third-order valence-corrected chi connectivity index (χ3v) is 8.99. The number of hydrogen-bond donors (Lipinski definition) is 0. The molecule has 8 heteroatoms. The highest BCUT2D eigenvalue weighted by molar-refractivity contribution is 5.37. The minimum atomic E-state index is -4.59. The number of nitroso groups, excluding NO2 is 2. The molecule has 4 fully saturated rings. The van der Waals surface area contributed by atoms with Crippen LogP contribution in [-0.4, -0.2) is 42.3 Å². The van der Waals surface area contributed by atoms with Gasteiger partial charge in [-0.1, -0.05) is 51.4 Å². The maximum Gasteiger partial charge on any atom is 0.417 e. The van der Waals surface area contributed by atoms with Gasteiger partial charge in [0, 0.05) is 25.0 Å². The maximum atomic E-state index is 13.3. The molecule has 1 aliphatic heterocycles. The zero-order valence-electron chi connectivity index (χ0n) is 20.4. The lowest BCUT2D eigenvalue weighted by Gasteiger charge is -2.41. The number of alkyl halides is 3.